The molecule has 0 heterocycles. The highest BCUT2D eigenvalue weighted by molar-refractivity contribution is 4.51. The van der Waals surface area contributed by atoms with Crippen LogP contribution in [-0.4, -0.2) is 38.5 Å². The summed E-state index contributed by atoms with van der Waals surface area (Å²) in [6.45, 7) is 7.14. The Morgan fingerprint density at radius 3 is 1.44 bits per heavy atom. The lowest BCUT2D eigenvalue weighted by atomic mass is 10.3. The molecule has 4 heteroatoms. The van der Waals surface area contributed by atoms with Crippen molar-refractivity contribution in [3.8, 4) is 0 Å². The van der Waals surface area contributed by atoms with Gasteiger partial charge >= 0.3 is 0 Å². The van der Waals surface area contributed by atoms with Crippen LogP contribution in [-0.2, 0) is 9.47 Å². The number of ether oxygens (including phenoxy) is 2. The lowest BCUT2D eigenvalue weighted by Crippen LogP contribution is -2.17. The average molecular weight is 232 g/mol. The van der Waals surface area contributed by atoms with Gasteiger partial charge in [0, 0.05) is 38.5 Å². The zero-order valence-corrected chi connectivity index (χ0v) is 10.8. The fraction of sp³-hybridized carbons (Fsp3) is 1.00. The first kappa shape index (κ1) is 15.8. The van der Waals surface area contributed by atoms with Crippen LogP contribution in [0.25, 0.3) is 0 Å². The van der Waals surface area contributed by atoms with Gasteiger partial charge in [-0.3, -0.25) is 0 Å². The quantitative estimate of drug-likeness (QED) is 0.526. The maximum absolute atomic E-state index is 5.60. The Morgan fingerprint density at radius 1 is 0.750 bits per heavy atom. The zero-order valence-electron chi connectivity index (χ0n) is 10.8. The van der Waals surface area contributed by atoms with Crippen molar-refractivity contribution in [2.45, 2.75) is 51.6 Å². The fourth-order valence-electron chi connectivity index (χ4n) is 1.15. The predicted octanol–water partition coefficient (Wildman–Crippen LogP) is 1.27. The number of nitrogens with two attached hydrogens (primary N) is 2. The molecule has 2 atom stereocenters. The third-order valence-electron chi connectivity index (χ3n) is 2.26. The number of hydrogen-bond acceptors (Lipinski definition) is 4. The Morgan fingerprint density at radius 2 is 1.12 bits per heavy atom. The van der Waals surface area contributed by atoms with Crippen molar-refractivity contribution in [2.24, 2.45) is 11.5 Å². The van der Waals surface area contributed by atoms with Gasteiger partial charge in [0.05, 0.1) is 0 Å². The second-order valence-electron chi connectivity index (χ2n) is 4.46. The highest BCUT2D eigenvalue weighted by Gasteiger charge is 1.96. The molecule has 0 aromatic heterocycles. The van der Waals surface area contributed by atoms with Gasteiger partial charge in [0.2, 0.25) is 0 Å². The topological polar surface area (TPSA) is 70.5 Å². The van der Waals surface area contributed by atoms with E-state index in [0.717, 1.165) is 52.1 Å². The molecule has 0 bridgehead atoms. The maximum atomic E-state index is 5.60. The van der Waals surface area contributed by atoms with E-state index in [0.29, 0.717) is 0 Å². The Bertz CT molecular complexity index is 125. The number of unbranched alkanes of at least 4 members (excludes halogenated alkanes) is 1. The Labute approximate surface area is 99.7 Å². The van der Waals surface area contributed by atoms with Crippen LogP contribution < -0.4 is 11.5 Å². The van der Waals surface area contributed by atoms with Gasteiger partial charge in [0.1, 0.15) is 0 Å². The summed E-state index contributed by atoms with van der Waals surface area (Å²) in [5.74, 6) is 0. The summed E-state index contributed by atoms with van der Waals surface area (Å²) in [4.78, 5) is 0. The largest absolute Gasteiger partial charge is 0.381 e. The van der Waals surface area contributed by atoms with Crippen molar-refractivity contribution in [3.05, 3.63) is 0 Å². The average Bonchev–Trinajstić information content (AvgIpc) is 2.20. The molecule has 0 aromatic rings. The molecule has 0 amide bonds. The molecule has 4 nitrogen and oxygen atoms in total. The van der Waals surface area contributed by atoms with Crippen molar-refractivity contribution < 1.29 is 9.47 Å². The van der Waals surface area contributed by atoms with E-state index < -0.39 is 0 Å². The van der Waals surface area contributed by atoms with Crippen molar-refractivity contribution in [2.75, 3.05) is 26.4 Å². The van der Waals surface area contributed by atoms with Crippen LogP contribution >= 0.6 is 0 Å². The Balaban J connectivity index is 2.93. The van der Waals surface area contributed by atoms with Gasteiger partial charge in [-0.1, -0.05) is 0 Å². The molecule has 2 unspecified atom stereocenters. The first-order valence-electron chi connectivity index (χ1n) is 6.29. The molecular formula is C12H28N2O2. The van der Waals surface area contributed by atoms with Gasteiger partial charge < -0.3 is 20.9 Å². The van der Waals surface area contributed by atoms with Crippen molar-refractivity contribution >= 4 is 0 Å². The second-order valence-corrected chi connectivity index (χ2v) is 4.46. The van der Waals surface area contributed by atoms with Gasteiger partial charge in [-0.15, -0.1) is 0 Å². The fourth-order valence-corrected chi connectivity index (χ4v) is 1.15. The highest BCUT2D eigenvalue weighted by atomic mass is 16.5. The van der Waals surface area contributed by atoms with Crippen LogP contribution in [0, 0.1) is 0 Å². The highest BCUT2D eigenvalue weighted by Crippen LogP contribution is 1.95. The van der Waals surface area contributed by atoms with Crippen molar-refractivity contribution in [3.63, 3.8) is 0 Å². The molecular weight excluding hydrogens is 204 g/mol. The molecule has 0 radical (unpaired) electrons. The molecule has 0 aliphatic rings. The van der Waals surface area contributed by atoms with Gasteiger partial charge in [0.15, 0.2) is 0 Å². The molecule has 0 saturated heterocycles. The first-order chi connectivity index (χ1) is 7.63. The minimum Gasteiger partial charge on any atom is -0.381 e. The summed E-state index contributed by atoms with van der Waals surface area (Å²) in [6, 6.07) is 0.475. The zero-order chi connectivity index (χ0) is 12.2. The minimum absolute atomic E-state index is 0.238. The summed E-state index contributed by atoms with van der Waals surface area (Å²) in [7, 11) is 0. The van der Waals surface area contributed by atoms with E-state index in [9.17, 15) is 0 Å². The van der Waals surface area contributed by atoms with Gasteiger partial charge in [-0.25, -0.2) is 0 Å². The van der Waals surface area contributed by atoms with E-state index in [1.807, 2.05) is 13.8 Å². The van der Waals surface area contributed by atoms with E-state index in [-0.39, 0.29) is 12.1 Å². The molecule has 0 aromatic carbocycles. The number of rotatable bonds is 11. The third-order valence-corrected chi connectivity index (χ3v) is 2.26. The number of hydrogen-bond donors (Lipinski definition) is 2. The van der Waals surface area contributed by atoms with E-state index in [4.69, 9.17) is 20.9 Å². The van der Waals surface area contributed by atoms with Gasteiger partial charge in [0.25, 0.3) is 0 Å². The standard InChI is InChI=1S/C12H28N2O2/c1-11(13)5-9-15-7-3-4-8-16-10-6-12(2)14/h11-12H,3-10,13-14H2,1-2H3. The first-order valence-corrected chi connectivity index (χ1v) is 6.29. The molecule has 0 fully saturated rings. The molecule has 0 aliphatic carbocycles. The smallest absolute Gasteiger partial charge is 0.0480 e. The molecule has 16 heavy (non-hydrogen) atoms. The van der Waals surface area contributed by atoms with E-state index in [1.54, 1.807) is 0 Å². The molecule has 0 rings (SSSR count). The minimum atomic E-state index is 0.238. The predicted molar refractivity (Wildman–Crippen MR) is 67.4 cm³/mol. The summed E-state index contributed by atoms with van der Waals surface area (Å²) in [6.07, 6.45) is 3.98. The van der Waals surface area contributed by atoms with Gasteiger partial charge in [-0.05, 0) is 39.5 Å². The van der Waals surface area contributed by atoms with Crippen molar-refractivity contribution in [1.29, 1.82) is 0 Å². The Kier molecular flexibility index (Phi) is 11.2. The second kappa shape index (κ2) is 11.3. The van der Waals surface area contributed by atoms with E-state index in [2.05, 4.69) is 0 Å². The van der Waals surface area contributed by atoms with Gasteiger partial charge in [-0.2, -0.15) is 0 Å². The lowest BCUT2D eigenvalue weighted by molar-refractivity contribution is 0.0978. The van der Waals surface area contributed by atoms with Crippen LogP contribution in [0.1, 0.15) is 39.5 Å². The third kappa shape index (κ3) is 13.8. The van der Waals surface area contributed by atoms with Crippen molar-refractivity contribution in [1.82, 2.24) is 0 Å². The van der Waals surface area contributed by atoms with Crippen LogP contribution in [0.5, 0.6) is 0 Å². The SMILES string of the molecule is CC(N)CCOCCCCOCCC(C)N. The van der Waals surface area contributed by atoms with Crippen LogP contribution in [0.15, 0.2) is 0 Å². The molecule has 0 aliphatic heterocycles. The lowest BCUT2D eigenvalue weighted by Gasteiger charge is -2.07. The van der Waals surface area contributed by atoms with E-state index in [1.165, 1.54) is 0 Å². The van der Waals surface area contributed by atoms with E-state index >= 15 is 0 Å². The van der Waals surface area contributed by atoms with Crippen LogP contribution in [0.4, 0.5) is 0 Å². The van der Waals surface area contributed by atoms with Crippen LogP contribution in [0.3, 0.4) is 0 Å². The normalized spacial score (nSPS) is 15.0. The van der Waals surface area contributed by atoms with Crippen LogP contribution in [0.2, 0.25) is 0 Å². The summed E-state index contributed by atoms with van der Waals surface area (Å²) in [5, 5.41) is 0. The summed E-state index contributed by atoms with van der Waals surface area (Å²) in [5.41, 5.74) is 11.2. The maximum Gasteiger partial charge on any atom is 0.0480 e. The molecule has 0 saturated carbocycles. The Hall–Kier alpha value is -0.160. The summed E-state index contributed by atoms with van der Waals surface area (Å²) >= 11 is 0. The summed E-state index contributed by atoms with van der Waals surface area (Å²) < 4.78 is 10.9. The molecule has 98 valence electrons. The molecule has 4 N–H and O–H groups in total. The molecule has 0 spiro atoms. The monoisotopic (exact) mass is 232 g/mol.